The quantitative estimate of drug-likeness (QED) is 0.882. The molecule has 0 amide bonds. The van der Waals surface area contributed by atoms with Gasteiger partial charge in [0.15, 0.2) is 11.9 Å². The van der Waals surface area contributed by atoms with E-state index < -0.39 is 5.54 Å². The Balaban J connectivity index is 0.00000161. The lowest BCUT2D eigenvalue weighted by Gasteiger charge is -2.34. The van der Waals surface area contributed by atoms with E-state index in [1.54, 1.807) is 0 Å². The highest BCUT2D eigenvalue weighted by Gasteiger charge is 2.39. The van der Waals surface area contributed by atoms with Crippen LogP contribution >= 0.6 is 28.3 Å². The molecule has 1 heterocycles. The minimum absolute atomic E-state index is 0. The van der Waals surface area contributed by atoms with Crippen molar-refractivity contribution in [2.75, 3.05) is 0 Å². The molecule has 0 bridgehead atoms. The zero-order valence-corrected chi connectivity index (χ0v) is 14.0. The maximum atomic E-state index is 6.18. The molecule has 1 fully saturated rings. The van der Waals surface area contributed by atoms with Crippen molar-refractivity contribution >= 4 is 28.3 Å². The van der Waals surface area contributed by atoms with Gasteiger partial charge in [-0.3, -0.25) is 0 Å². The van der Waals surface area contributed by atoms with Crippen LogP contribution in [-0.4, -0.2) is 10.1 Å². The van der Waals surface area contributed by atoms with Crippen molar-refractivity contribution in [2.24, 2.45) is 5.73 Å². The van der Waals surface area contributed by atoms with Crippen molar-refractivity contribution in [2.45, 2.75) is 37.8 Å². The predicted molar refractivity (Wildman–Crippen MR) is 84.4 cm³/mol. The highest BCUT2D eigenvalue weighted by molar-refractivity contribution is 9.10. The Kier molecular flexibility index (Phi) is 4.91. The van der Waals surface area contributed by atoms with Gasteiger partial charge in [0, 0.05) is 4.47 Å². The number of nitrogens with zero attached hydrogens (tertiary/aromatic N) is 2. The molecular formula is C14H17BrClN3O2. The number of hydrogen-bond donors (Lipinski definition) is 1. The van der Waals surface area contributed by atoms with Crippen molar-refractivity contribution in [1.82, 2.24) is 10.1 Å². The van der Waals surface area contributed by atoms with Gasteiger partial charge in [0.2, 0.25) is 0 Å². The maximum absolute atomic E-state index is 6.18. The Bertz CT molecular complexity index is 599. The summed E-state index contributed by atoms with van der Waals surface area (Å²) in [4.78, 5) is 4.38. The Morgan fingerprint density at radius 2 is 2.00 bits per heavy atom. The number of aromatic nitrogens is 2. The molecule has 2 N–H and O–H groups in total. The van der Waals surface area contributed by atoms with Gasteiger partial charge in [0.25, 0.3) is 5.89 Å². The van der Waals surface area contributed by atoms with Gasteiger partial charge in [-0.1, -0.05) is 21.1 Å². The molecule has 0 radical (unpaired) electrons. The van der Waals surface area contributed by atoms with Gasteiger partial charge >= 0.3 is 0 Å². The number of ether oxygens (including phenoxy) is 1. The van der Waals surface area contributed by atoms with E-state index in [0.717, 1.165) is 29.5 Å². The first-order chi connectivity index (χ1) is 9.57. The molecule has 3 rings (SSSR count). The smallest absolute Gasteiger partial charge is 0.267 e. The second kappa shape index (κ2) is 6.34. The third kappa shape index (κ3) is 3.39. The summed E-state index contributed by atoms with van der Waals surface area (Å²) in [6.07, 6.45) is 2.63. The molecule has 1 aliphatic rings. The number of nitrogens with two attached hydrogens (primary N) is 1. The van der Waals surface area contributed by atoms with Crippen LogP contribution in [0.4, 0.5) is 0 Å². The fourth-order valence-corrected chi connectivity index (χ4v) is 2.42. The van der Waals surface area contributed by atoms with E-state index >= 15 is 0 Å². The molecule has 1 unspecified atom stereocenters. The largest absolute Gasteiger partial charge is 0.481 e. The van der Waals surface area contributed by atoms with Gasteiger partial charge in [0.05, 0.1) is 5.54 Å². The average Bonchev–Trinajstić information content (AvgIpc) is 2.89. The lowest BCUT2D eigenvalue weighted by molar-refractivity contribution is 0.174. The Morgan fingerprint density at radius 3 is 2.57 bits per heavy atom. The molecule has 0 aliphatic heterocycles. The van der Waals surface area contributed by atoms with Gasteiger partial charge in [-0.05, 0) is 50.5 Å². The average molecular weight is 375 g/mol. The van der Waals surface area contributed by atoms with Gasteiger partial charge < -0.3 is 15.0 Å². The van der Waals surface area contributed by atoms with Crippen molar-refractivity contribution in [3.8, 4) is 5.75 Å². The topological polar surface area (TPSA) is 74.2 Å². The maximum Gasteiger partial charge on any atom is 0.267 e. The molecule has 0 spiro atoms. The minimum Gasteiger partial charge on any atom is -0.481 e. The van der Waals surface area contributed by atoms with Gasteiger partial charge in [-0.25, -0.2) is 0 Å². The van der Waals surface area contributed by atoms with Crippen LogP contribution < -0.4 is 10.5 Å². The molecule has 1 saturated carbocycles. The van der Waals surface area contributed by atoms with Crippen LogP contribution in [0.2, 0.25) is 0 Å². The zero-order valence-electron chi connectivity index (χ0n) is 11.6. The fourth-order valence-electron chi connectivity index (χ4n) is 2.15. The Morgan fingerprint density at radius 1 is 1.33 bits per heavy atom. The molecule has 0 saturated heterocycles. The predicted octanol–water partition coefficient (Wildman–Crippen LogP) is 3.73. The van der Waals surface area contributed by atoms with Crippen molar-refractivity contribution < 1.29 is 9.26 Å². The highest BCUT2D eigenvalue weighted by atomic mass is 79.9. The van der Waals surface area contributed by atoms with E-state index in [4.69, 9.17) is 15.0 Å². The van der Waals surface area contributed by atoms with E-state index in [0.29, 0.717) is 11.7 Å². The summed E-state index contributed by atoms with van der Waals surface area (Å²) in [5.74, 6) is 1.80. The van der Waals surface area contributed by atoms with E-state index in [1.807, 2.05) is 31.2 Å². The molecular weight excluding hydrogens is 358 g/mol. The number of hydrogen-bond acceptors (Lipinski definition) is 5. The summed E-state index contributed by atoms with van der Waals surface area (Å²) < 4.78 is 12.1. The standard InChI is InChI=1S/C14H16BrN3O2.ClH/c1-9(19-11-5-3-10(15)4-6-11)12-17-13(18-20-12)14(16)7-2-8-14;/h3-6,9H,2,7-8,16H2,1H3;1H. The zero-order chi connectivity index (χ0) is 14.2. The summed E-state index contributed by atoms with van der Waals surface area (Å²) in [7, 11) is 0. The molecule has 114 valence electrons. The van der Waals surface area contributed by atoms with E-state index in [1.165, 1.54) is 0 Å². The van der Waals surface area contributed by atoms with Crippen LogP contribution in [0.1, 0.15) is 44.0 Å². The Labute approximate surface area is 137 Å². The van der Waals surface area contributed by atoms with E-state index in [9.17, 15) is 0 Å². The van der Waals surface area contributed by atoms with Crippen LogP contribution in [0.15, 0.2) is 33.3 Å². The number of rotatable bonds is 4. The van der Waals surface area contributed by atoms with E-state index in [2.05, 4.69) is 26.1 Å². The second-order valence-corrected chi connectivity index (χ2v) is 6.10. The molecule has 1 aliphatic carbocycles. The van der Waals surface area contributed by atoms with Gasteiger partial charge in [-0.2, -0.15) is 4.98 Å². The fraction of sp³-hybridized carbons (Fsp3) is 0.429. The summed E-state index contributed by atoms with van der Waals surface area (Å²) in [6.45, 7) is 1.88. The molecule has 5 nitrogen and oxygen atoms in total. The summed E-state index contributed by atoms with van der Waals surface area (Å²) in [5.41, 5.74) is 5.77. The lowest BCUT2D eigenvalue weighted by atomic mass is 9.77. The normalized spacial score (nSPS) is 17.5. The molecule has 21 heavy (non-hydrogen) atoms. The molecule has 1 atom stereocenters. The monoisotopic (exact) mass is 373 g/mol. The van der Waals surface area contributed by atoms with Crippen LogP contribution in [-0.2, 0) is 5.54 Å². The molecule has 2 aromatic rings. The SMILES string of the molecule is CC(Oc1ccc(Br)cc1)c1nc(C2(N)CCC2)no1.Cl. The lowest BCUT2D eigenvalue weighted by Crippen LogP contribution is -2.44. The summed E-state index contributed by atoms with van der Waals surface area (Å²) in [5, 5.41) is 3.99. The second-order valence-electron chi connectivity index (χ2n) is 5.18. The third-order valence-corrected chi connectivity index (χ3v) is 4.14. The molecule has 1 aromatic heterocycles. The Hall–Kier alpha value is -1.11. The molecule has 1 aromatic carbocycles. The van der Waals surface area contributed by atoms with Crippen LogP contribution in [0.5, 0.6) is 5.75 Å². The molecule has 7 heteroatoms. The third-order valence-electron chi connectivity index (χ3n) is 3.61. The van der Waals surface area contributed by atoms with Crippen molar-refractivity contribution in [1.29, 1.82) is 0 Å². The van der Waals surface area contributed by atoms with Crippen LogP contribution in [0, 0.1) is 0 Å². The first-order valence-corrected chi connectivity index (χ1v) is 7.41. The van der Waals surface area contributed by atoms with Crippen LogP contribution in [0.25, 0.3) is 0 Å². The van der Waals surface area contributed by atoms with Gasteiger partial charge in [-0.15, -0.1) is 12.4 Å². The van der Waals surface area contributed by atoms with E-state index in [-0.39, 0.29) is 18.5 Å². The first kappa shape index (κ1) is 16.3. The van der Waals surface area contributed by atoms with Crippen molar-refractivity contribution in [3.05, 3.63) is 40.5 Å². The number of halogens is 2. The first-order valence-electron chi connectivity index (χ1n) is 6.62. The summed E-state index contributed by atoms with van der Waals surface area (Å²) in [6, 6.07) is 7.61. The van der Waals surface area contributed by atoms with Crippen molar-refractivity contribution in [3.63, 3.8) is 0 Å². The van der Waals surface area contributed by atoms with Crippen LogP contribution in [0.3, 0.4) is 0 Å². The van der Waals surface area contributed by atoms with Gasteiger partial charge in [0.1, 0.15) is 5.75 Å². The summed E-state index contributed by atoms with van der Waals surface area (Å²) >= 11 is 3.39. The minimum atomic E-state index is -0.404. The number of benzene rings is 1. The highest BCUT2D eigenvalue weighted by Crippen LogP contribution is 2.37.